The molecule has 0 saturated carbocycles. The molecule has 0 fully saturated rings. The molecular formula is C18H18Cl2. The second-order valence-electron chi connectivity index (χ2n) is 5.66. The fourth-order valence-electron chi connectivity index (χ4n) is 3.01. The second kappa shape index (κ2) is 5.79. The Kier molecular flexibility index (Phi) is 4.05. The van der Waals surface area contributed by atoms with Gasteiger partial charge in [0.15, 0.2) is 0 Å². The maximum Gasteiger partial charge on any atom is 0.0836 e. The average Bonchev–Trinajstić information content (AvgIpc) is 2.45. The van der Waals surface area contributed by atoms with E-state index in [9.17, 15) is 0 Å². The van der Waals surface area contributed by atoms with E-state index < -0.39 is 0 Å². The predicted octanol–water partition coefficient (Wildman–Crippen LogP) is 5.86. The van der Waals surface area contributed by atoms with Crippen LogP contribution in [0.15, 0.2) is 36.4 Å². The van der Waals surface area contributed by atoms with Crippen LogP contribution in [0.5, 0.6) is 0 Å². The third kappa shape index (κ3) is 2.87. The number of hydrogen-bond acceptors (Lipinski definition) is 0. The van der Waals surface area contributed by atoms with Gasteiger partial charge in [0.05, 0.1) is 5.38 Å². The quantitative estimate of drug-likeness (QED) is 0.610. The van der Waals surface area contributed by atoms with Gasteiger partial charge in [0.2, 0.25) is 0 Å². The van der Waals surface area contributed by atoms with Crippen molar-refractivity contribution in [1.29, 1.82) is 0 Å². The summed E-state index contributed by atoms with van der Waals surface area (Å²) in [4.78, 5) is 0. The molecule has 0 spiro atoms. The molecule has 2 heteroatoms. The molecule has 0 amide bonds. The Morgan fingerprint density at radius 1 is 0.900 bits per heavy atom. The zero-order valence-corrected chi connectivity index (χ0v) is 13.1. The van der Waals surface area contributed by atoms with Crippen molar-refractivity contribution >= 4 is 23.2 Å². The highest BCUT2D eigenvalue weighted by molar-refractivity contribution is 6.31. The molecule has 0 aromatic heterocycles. The smallest absolute Gasteiger partial charge is 0.0836 e. The minimum absolute atomic E-state index is 0.125. The van der Waals surface area contributed by atoms with Crippen LogP contribution in [0.4, 0.5) is 0 Å². The highest BCUT2D eigenvalue weighted by Gasteiger charge is 2.15. The summed E-state index contributed by atoms with van der Waals surface area (Å²) < 4.78 is 0. The lowest BCUT2D eigenvalue weighted by Gasteiger charge is -2.19. The van der Waals surface area contributed by atoms with Crippen molar-refractivity contribution in [2.75, 3.05) is 0 Å². The lowest BCUT2D eigenvalue weighted by molar-refractivity contribution is 0.684. The molecule has 0 aliphatic heterocycles. The molecule has 0 N–H and O–H groups in total. The van der Waals surface area contributed by atoms with E-state index in [0.29, 0.717) is 0 Å². The van der Waals surface area contributed by atoms with E-state index in [2.05, 4.69) is 24.3 Å². The first kappa shape index (κ1) is 14.0. The first-order valence-electron chi connectivity index (χ1n) is 7.16. The molecule has 20 heavy (non-hydrogen) atoms. The fraction of sp³-hybridized carbons (Fsp3) is 0.333. The van der Waals surface area contributed by atoms with Gasteiger partial charge in [-0.15, -0.1) is 11.6 Å². The third-order valence-electron chi connectivity index (χ3n) is 4.02. The Bertz CT molecular complexity index is 611. The van der Waals surface area contributed by atoms with Gasteiger partial charge >= 0.3 is 0 Å². The minimum atomic E-state index is -0.125. The Morgan fingerprint density at radius 3 is 2.40 bits per heavy atom. The van der Waals surface area contributed by atoms with E-state index in [-0.39, 0.29) is 5.38 Å². The van der Waals surface area contributed by atoms with Gasteiger partial charge in [0.25, 0.3) is 0 Å². The molecule has 2 aromatic rings. The van der Waals surface area contributed by atoms with Crippen molar-refractivity contribution in [1.82, 2.24) is 0 Å². The predicted molar refractivity (Wildman–Crippen MR) is 87.0 cm³/mol. The summed E-state index contributed by atoms with van der Waals surface area (Å²) in [7, 11) is 0. The van der Waals surface area contributed by atoms with Gasteiger partial charge in [0.1, 0.15) is 0 Å². The summed E-state index contributed by atoms with van der Waals surface area (Å²) in [5.41, 5.74) is 6.36. The van der Waals surface area contributed by atoms with Crippen LogP contribution in [0.1, 0.15) is 46.0 Å². The van der Waals surface area contributed by atoms with Gasteiger partial charge < -0.3 is 0 Å². The fourth-order valence-corrected chi connectivity index (χ4v) is 3.57. The van der Waals surface area contributed by atoms with Gasteiger partial charge in [-0.2, -0.15) is 0 Å². The summed E-state index contributed by atoms with van der Waals surface area (Å²) in [6.07, 6.45) is 4.99. The number of aryl methyl sites for hydroxylation is 3. The van der Waals surface area contributed by atoms with E-state index >= 15 is 0 Å². The van der Waals surface area contributed by atoms with Crippen molar-refractivity contribution in [3.63, 3.8) is 0 Å². The van der Waals surface area contributed by atoms with Gasteiger partial charge in [-0.1, -0.05) is 35.9 Å². The summed E-state index contributed by atoms with van der Waals surface area (Å²) in [6.45, 7) is 2.05. The van der Waals surface area contributed by atoms with E-state index in [0.717, 1.165) is 16.1 Å². The molecule has 0 saturated heterocycles. The molecule has 0 radical (unpaired) electrons. The van der Waals surface area contributed by atoms with Crippen LogP contribution >= 0.6 is 23.2 Å². The van der Waals surface area contributed by atoms with E-state index in [1.165, 1.54) is 42.4 Å². The Morgan fingerprint density at radius 2 is 1.65 bits per heavy atom. The molecule has 1 aliphatic rings. The Balaban J connectivity index is 1.95. The lowest BCUT2D eigenvalue weighted by atomic mass is 9.89. The SMILES string of the molecule is Cc1cc(Cl)cc(C(Cl)c2ccc3c(c2)CCCC3)c1. The topological polar surface area (TPSA) is 0 Å². The van der Waals surface area contributed by atoms with E-state index in [1.54, 1.807) is 0 Å². The standard InChI is InChI=1S/C18H18Cl2/c1-12-8-16(11-17(19)9-12)18(20)15-7-6-13-4-2-3-5-14(13)10-15/h6-11,18H,2-5H2,1H3. The number of hydrogen-bond donors (Lipinski definition) is 0. The molecular weight excluding hydrogens is 287 g/mol. The zero-order chi connectivity index (χ0) is 14.1. The minimum Gasteiger partial charge on any atom is -0.113 e. The Labute approximate surface area is 130 Å². The van der Waals surface area contributed by atoms with Crippen LogP contribution in [-0.2, 0) is 12.8 Å². The van der Waals surface area contributed by atoms with Crippen molar-refractivity contribution in [2.24, 2.45) is 0 Å². The van der Waals surface area contributed by atoms with Crippen LogP contribution < -0.4 is 0 Å². The number of benzene rings is 2. The summed E-state index contributed by atoms with van der Waals surface area (Å²) in [5, 5.41) is 0.628. The second-order valence-corrected chi connectivity index (χ2v) is 6.53. The van der Waals surface area contributed by atoms with Crippen molar-refractivity contribution in [2.45, 2.75) is 38.0 Å². The number of rotatable bonds is 2. The maximum absolute atomic E-state index is 6.66. The molecule has 0 nitrogen and oxygen atoms in total. The van der Waals surface area contributed by atoms with Crippen molar-refractivity contribution in [3.8, 4) is 0 Å². The summed E-state index contributed by atoms with van der Waals surface area (Å²) >= 11 is 12.8. The van der Waals surface area contributed by atoms with Crippen LogP contribution in [0.25, 0.3) is 0 Å². The highest BCUT2D eigenvalue weighted by Crippen LogP contribution is 2.33. The average molecular weight is 305 g/mol. The maximum atomic E-state index is 6.66. The number of fused-ring (bicyclic) bond motifs is 1. The molecule has 1 aliphatic carbocycles. The monoisotopic (exact) mass is 304 g/mol. The molecule has 0 bridgehead atoms. The first-order valence-corrected chi connectivity index (χ1v) is 7.98. The first-order chi connectivity index (χ1) is 9.63. The van der Waals surface area contributed by atoms with Crippen molar-refractivity contribution < 1.29 is 0 Å². The van der Waals surface area contributed by atoms with Crippen LogP contribution in [0.2, 0.25) is 5.02 Å². The highest BCUT2D eigenvalue weighted by atomic mass is 35.5. The van der Waals surface area contributed by atoms with Gasteiger partial charge in [-0.05, 0) is 72.6 Å². The lowest BCUT2D eigenvalue weighted by Crippen LogP contribution is -2.04. The largest absolute Gasteiger partial charge is 0.113 e. The van der Waals surface area contributed by atoms with Gasteiger partial charge in [-0.25, -0.2) is 0 Å². The normalized spacial score (nSPS) is 15.8. The number of alkyl halides is 1. The number of halogens is 2. The molecule has 104 valence electrons. The van der Waals surface area contributed by atoms with Gasteiger partial charge in [0, 0.05) is 5.02 Å². The van der Waals surface area contributed by atoms with E-state index in [4.69, 9.17) is 23.2 Å². The van der Waals surface area contributed by atoms with Crippen LogP contribution in [0, 0.1) is 6.92 Å². The molecule has 1 atom stereocenters. The summed E-state index contributed by atoms with van der Waals surface area (Å²) in [5.74, 6) is 0. The molecule has 2 aromatic carbocycles. The summed E-state index contributed by atoms with van der Waals surface area (Å²) in [6, 6.07) is 12.7. The van der Waals surface area contributed by atoms with Crippen LogP contribution in [0.3, 0.4) is 0 Å². The van der Waals surface area contributed by atoms with Gasteiger partial charge in [-0.3, -0.25) is 0 Å². The third-order valence-corrected chi connectivity index (χ3v) is 4.74. The molecule has 0 heterocycles. The molecule has 3 rings (SSSR count). The Hall–Kier alpha value is -0.980. The van der Waals surface area contributed by atoms with Crippen molar-refractivity contribution in [3.05, 3.63) is 69.2 Å². The van der Waals surface area contributed by atoms with Crippen LogP contribution in [-0.4, -0.2) is 0 Å². The zero-order valence-electron chi connectivity index (χ0n) is 11.6. The molecule has 1 unspecified atom stereocenters. The van der Waals surface area contributed by atoms with E-state index in [1.807, 2.05) is 19.1 Å².